The third kappa shape index (κ3) is 2.89. The van der Waals surface area contributed by atoms with Crippen LogP contribution in [0.2, 0.25) is 0 Å². The number of aromatic nitrogens is 2. The molecule has 3 aromatic rings. The topological polar surface area (TPSA) is 53.6 Å². The largest absolute Gasteiger partial charge is 0.348 e. The molecule has 0 aliphatic heterocycles. The van der Waals surface area contributed by atoms with Crippen LogP contribution < -0.4 is 5.32 Å². The van der Waals surface area contributed by atoms with E-state index in [1.807, 2.05) is 17.8 Å². The van der Waals surface area contributed by atoms with Gasteiger partial charge in [0.15, 0.2) is 0 Å². The van der Waals surface area contributed by atoms with E-state index in [-0.39, 0.29) is 0 Å². The first kappa shape index (κ1) is 16.4. The average molecular weight is 442 g/mol. The van der Waals surface area contributed by atoms with Crippen molar-refractivity contribution in [2.75, 3.05) is 5.32 Å². The van der Waals surface area contributed by atoms with E-state index in [4.69, 9.17) is 4.98 Å². The summed E-state index contributed by atoms with van der Waals surface area (Å²) in [5, 5.41) is 12.9. The zero-order chi connectivity index (χ0) is 17.7. The van der Waals surface area contributed by atoms with Gasteiger partial charge >= 0.3 is 0 Å². The van der Waals surface area contributed by atoms with E-state index in [1.54, 1.807) is 0 Å². The van der Waals surface area contributed by atoms with Gasteiger partial charge in [-0.05, 0) is 90.1 Å². The van der Waals surface area contributed by atoms with Crippen molar-refractivity contribution in [1.82, 2.24) is 9.55 Å². The van der Waals surface area contributed by atoms with Gasteiger partial charge in [0.25, 0.3) is 0 Å². The van der Waals surface area contributed by atoms with E-state index in [2.05, 4.69) is 66.0 Å². The average Bonchev–Trinajstić information content (AvgIpc) is 3.35. The minimum atomic E-state index is 0.616. The Balaban J connectivity index is 1.82. The second-order valence-corrected chi connectivity index (χ2v) is 8.04. The van der Waals surface area contributed by atoms with Crippen LogP contribution in [0.5, 0.6) is 0 Å². The molecule has 4 rings (SSSR count). The fraction of sp³-hybridized carbons (Fsp3) is 0.300. The van der Waals surface area contributed by atoms with Gasteiger partial charge in [-0.25, -0.2) is 4.98 Å². The second kappa shape index (κ2) is 6.03. The smallest absolute Gasteiger partial charge is 0.131 e. The van der Waals surface area contributed by atoms with Crippen molar-refractivity contribution in [3.05, 3.63) is 50.2 Å². The molecule has 4 nitrogen and oxygen atoms in total. The number of halogens is 1. The molecule has 1 aliphatic rings. The van der Waals surface area contributed by atoms with E-state index in [0.29, 0.717) is 11.5 Å². The number of aryl methyl sites for hydroxylation is 3. The number of nitrogens with one attached hydrogen (secondary N) is 1. The molecular formula is C20H19IN4. The molecular weight excluding hydrogens is 423 g/mol. The van der Waals surface area contributed by atoms with E-state index < -0.39 is 0 Å². The third-order valence-corrected chi connectivity index (χ3v) is 6.01. The lowest BCUT2D eigenvalue weighted by Gasteiger charge is -2.14. The molecule has 0 atom stereocenters. The van der Waals surface area contributed by atoms with Gasteiger partial charge in [0.2, 0.25) is 0 Å². The van der Waals surface area contributed by atoms with Crippen molar-refractivity contribution in [3.63, 3.8) is 0 Å². The Morgan fingerprint density at radius 2 is 2.00 bits per heavy atom. The molecule has 0 saturated heterocycles. The summed E-state index contributed by atoms with van der Waals surface area (Å²) in [6, 6.07) is 8.83. The maximum atomic E-state index is 9.39. The number of hydrogen-bond acceptors (Lipinski definition) is 3. The van der Waals surface area contributed by atoms with Crippen molar-refractivity contribution < 1.29 is 0 Å². The molecule has 0 amide bonds. The maximum absolute atomic E-state index is 9.39. The van der Waals surface area contributed by atoms with Crippen LogP contribution in [0.4, 0.5) is 11.5 Å². The first-order valence-corrected chi connectivity index (χ1v) is 9.49. The molecule has 0 unspecified atom stereocenters. The summed E-state index contributed by atoms with van der Waals surface area (Å²) < 4.78 is 3.28. The highest BCUT2D eigenvalue weighted by atomic mass is 127. The lowest BCUT2D eigenvalue weighted by molar-refractivity contribution is 0.961. The predicted molar refractivity (Wildman–Crippen MR) is 109 cm³/mol. The van der Waals surface area contributed by atoms with Crippen LogP contribution in [0.15, 0.2) is 24.4 Å². The van der Waals surface area contributed by atoms with Gasteiger partial charge in [-0.1, -0.05) is 0 Å². The van der Waals surface area contributed by atoms with Gasteiger partial charge in [0.1, 0.15) is 17.4 Å². The van der Waals surface area contributed by atoms with E-state index in [0.717, 1.165) is 28.1 Å². The highest BCUT2D eigenvalue weighted by Crippen LogP contribution is 2.45. The number of hydrogen-bond donors (Lipinski definition) is 1. The van der Waals surface area contributed by atoms with Crippen LogP contribution in [-0.4, -0.2) is 9.55 Å². The van der Waals surface area contributed by atoms with Crippen LogP contribution in [0, 0.1) is 28.7 Å². The summed E-state index contributed by atoms with van der Waals surface area (Å²) in [5.41, 5.74) is 7.30. The number of rotatable bonds is 3. The van der Waals surface area contributed by atoms with Gasteiger partial charge in [0.05, 0.1) is 11.1 Å². The lowest BCUT2D eigenvalue weighted by Crippen LogP contribution is -2.01. The number of benzene rings is 1. The molecule has 0 bridgehead atoms. The first-order valence-electron chi connectivity index (χ1n) is 8.41. The Hall–Kier alpha value is -2.07. The van der Waals surface area contributed by atoms with Crippen molar-refractivity contribution in [1.29, 1.82) is 5.26 Å². The zero-order valence-corrected chi connectivity index (χ0v) is 16.7. The maximum Gasteiger partial charge on any atom is 0.131 e. The molecule has 5 heteroatoms. The summed E-state index contributed by atoms with van der Waals surface area (Å²) >= 11 is 2.41. The molecule has 1 aromatic carbocycles. The van der Waals surface area contributed by atoms with Crippen molar-refractivity contribution in [2.45, 2.75) is 32.6 Å². The quantitative estimate of drug-likeness (QED) is 0.561. The normalized spacial score (nSPS) is 13.9. The minimum Gasteiger partial charge on any atom is -0.348 e. The summed E-state index contributed by atoms with van der Waals surface area (Å²) in [5.74, 6) is 1.46. The molecule has 1 saturated carbocycles. The fourth-order valence-corrected chi connectivity index (χ4v) is 3.93. The van der Waals surface area contributed by atoms with E-state index in [9.17, 15) is 5.26 Å². The third-order valence-electron chi connectivity index (χ3n) is 4.85. The van der Waals surface area contributed by atoms with Crippen LogP contribution in [0.3, 0.4) is 0 Å². The minimum absolute atomic E-state index is 0.616. The molecule has 2 heterocycles. The molecule has 1 fully saturated rings. The highest BCUT2D eigenvalue weighted by molar-refractivity contribution is 14.1. The Labute approximate surface area is 161 Å². The van der Waals surface area contributed by atoms with Crippen LogP contribution in [-0.2, 0) is 7.05 Å². The number of nitriles is 1. The Bertz CT molecular complexity index is 1040. The lowest BCUT2D eigenvalue weighted by atomic mass is 10.1. The summed E-state index contributed by atoms with van der Waals surface area (Å²) in [4.78, 5) is 4.74. The summed E-state index contributed by atoms with van der Waals surface area (Å²) in [6.45, 7) is 4.20. The summed E-state index contributed by atoms with van der Waals surface area (Å²) in [6.07, 6.45) is 4.37. The zero-order valence-electron chi connectivity index (χ0n) is 14.5. The van der Waals surface area contributed by atoms with Crippen LogP contribution in [0.25, 0.3) is 11.0 Å². The molecule has 0 spiro atoms. The van der Waals surface area contributed by atoms with E-state index >= 15 is 0 Å². The summed E-state index contributed by atoms with van der Waals surface area (Å²) in [7, 11) is 1.96. The Kier molecular flexibility index (Phi) is 3.95. The Morgan fingerprint density at radius 1 is 1.24 bits per heavy atom. The van der Waals surface area contributed by atoms with Gasteiger partial charge in [0, 0.05) is 22.5 Å². The molecule has 0 radical (unpaired) electrons. The van der Waals surface area contributed by atoms with Gasteiger partial charge in [-0.2, -0.15) is 5.26 Å². The Morgan fingerprint density at radius 3 is 2.68 bits per heavy atom. The number of anilines is 2. The molecule has 2 aromatic heterocycles. The van der Waals surface area contributed by atoms with Crippen molar-refractivity contribution >= 4 is 45.1 Å². The molecule has 1 aliphatic carbocycles. The van der Waals surface area contributed by atoms with Crippen LogP contribution >= 0.6 is 22.6 Å². The number of pyridine rings is 1. The van der Waals surface area contributed by atoms with Crippen LogP contribution in [0.1, 0.15) is 41.0 Å². The number of fused-ring (bicyclic) bond motifs is 1. The van der Waals surface area contributed by atoms with Gasteiger partial charge in [-0.3, -0.25) is 0 Å². The van der Waals surface area contributed by atoms with Crippen molar-refractivity contribution in [3.8, 4) is 6.07 Å². The number of nitrogens with zero attached hydrogens (tertiary/aromatic N) is 3. The monoisotopic (exact) mass is 442 g/mol. The predicted octanol–water partition coefficient (Wildman–Crippen LogP) is 5.29. The second-order valence-electron chi connectivity index (χ2n) is 6.88. The standard InChI is InChI=1S/C20H19IN4/c1-11-6-17(15(8-16(11)21)13-4-5-13)23-18-7-12(2)20-19(24-18)14(9-22)10-25(20)3/h6-8,10,13H,4-5H2,1-3H3,(H,23,24). The fourth-order valence-electron chi connectivity index (χ4n) is 3.44. The molecule has 25 heavy (non-hydrogen) atoms. The van der Waals surface area contributed by atoms with E-state index in [1.165, 1.54) is 27.5 Å². The van der Waals surface area contributed by atoms with Gasteiger partial charge < -0.3 is 9.88 Å². The molecule has 126 valence electrons. The molecule has 1 N–H and O–H groups in total. The van der Waals surface area contributed by atoms with Gasteiger partial charge in [-0.15, -0.1) is 0 Å². The SMILES string of the molecule is Cc1cc(Nc2cc(C)c3c(n2)c(C#N)cn3C)c(C2CC2)cc1I. The first-order chi connectivity index (χ1) is 12.0. The highest BCUT2D eigenvalue weighted by Gasteiger charge is 2.27. The van der Waals surface area contributed by atoms with Crippen molar-refractivity contribution in [2.24, 2.45) is 7.05 Å².